The van der Waals surface area contributed by atoms with Crippen LogP contribution >= 0.6 is 0 Å². The van der Waals surface area contributed by atoms with E-state index in [1.165, 1.54) is 12.6 Å². The number of aliphatic hydroxyl groups excluding tert-OH is 1. The SMILES string of the molecule is CN.Cc1ccc(CO)cc1. The summed E-state index contributed by atoms with van der Waals surface area (Å²) < 4.78 is 0. The number of rotatable bonds is 1. The first kappa shape index (κ1) is 10.1. The van der Waals surface area contributed by atoms with Crippen molar-refractivity contribution in [3.63, 3.8) is 0 Å². The van der Waals surface area contributed by atoms with Crippen LogP contribution in [0.5, 0.6) is 0 Å². The van der Waals surface area contributed by atoms with Crippen molar-refractivity contribution in [1.82, 2.24) is 0 Å². The summed E-state index contributed by atoms with van der Waals surface area (Å²) >= 11 is 0. The summed E-state index contributed by atoms with van der Waals surface area (Å²) in [5.41, 5.74) is 6.70. The minimum atomic E-state index is 0.139. The van der Waals surface area contributed by atoms with Crippen LogP contribution in [-0.4, -0.2) is 12.2 Å². The Bertz CT molecular complexity index is 181. The smallest absolute Gasteiger partial charge is 0.0681 e. The maximum Gasteiger partial charge on any atom is 0.0681 e. The number of benzene rings is 1. The summed E-state index contributed by atoms with van der Waals surface area (Å²) in [6.45, 7) is 2.17. The van der Waals surface area contributed by atoms with E-state index < -0.39 is 0 Å². The van der Waals surface area contributed by atoms with E-state index in [-0.39, 0.29) is 6.61 Å². The maximum absolute atomic E-state index is 8.63. The number of nitrogens with two attached hydrogens (primary N) is 1. The Morgan fingerprint density at radius 1 is 1.18 bits per heavy atom. The first-order chi connectivity index (χ1) is 5.33. The van der Waals surface area contributed by atoms with Gasteiger partial charge in [-0.05, 0) is 19.5 Å². The lowest BCUT2D eigenvalue weighted by atomic mass is 10.2. The van der Waals surface area contributed by atoms with E-state index in [0.29, 0.717) is 0 Å². The molecule has 0 amide bonds. The van der Waals surface area contributed by atoms with Crippen LogP contribution < -0.4 is 5.73 Å². The van der Waals surface area contributed by atoms with Crippen molar-refractivity contribution >= 4 is 0 Å². The molecule has 2 nitrogen and oxygen atoms in total. The first-order valence-electron chi connectivity index (χ1n) is 3.57. The third-order valence-corrected chi connectivity index (χ3v) is 1.30. The summed E-state index contributed by atoms with van der Waals surface area (Å²) in [6.07, 6.45) is 0. The van der Waals surface area contributed by atoms with Crippen LogP contribution in [0.15, 0.2) is 24.3 Å². The molecule has 1 aromatic rings. The summed E-state index contributed by atoms with van der Waals surface area (Å²) in [7, 11) is 1.50. The lowest BCUT2D eigenvalue weighted by molar-refractivity contribution is 0.282. The molecule has 2 heteroatoms. The van der Waals surface area contributed by atoms with Gasteiger partial charge in [-0.2, -0.15) is 0 Å². The van der Waals surface area contributed by atoms with Crippen molar-refractivity contribution in [2.45, 2.75) is 13.5 Å². The largest absolute Gasteiger partial charge is 0.392 e. The van der Waals surface area contributed by atoms with Gasteiger partial charge in [-0.1, -0.05) is 29.8 Å². The molecule has 1 rings (SSSR count). The number of aryl methyl sites for hydroxylation is 1. The highest BCUT2D eigenvalue weighted by atomic mass is 16.3. The quantitative estimate of drug-likeness (QED) is 0.633. The molecule has 0 aliphatic rings. The molecule has 0 saturated heterocycles. The van der Waals surface area contributed by atoms with Gasteiger partial charge in [0.05, 0.1) is 6.61 Å². The van der Waals surface area contributed by atoms with Gasteiger partial charge in [0, 0.05) is 0 Å². The highest BCUT2D eigenvalue weighted by Crippen LogP contribution is 2.01. The molecule has 0 spiro atoms. The number of aliphatic hydroxyl groups is 1. The van der Waals surface area contributed by atoms with Gasteiger partial charge in [-0.15, -0.1) is 0 Å². The molecule has 0 unspecified atom stereocenters. The number of hydrogen-bond donors (Lipinski definition) is 2. The molecule has 0 atom stereocenters. The fourth-order valence-corrected chi connectivity index (χ4v) is 0.693. The molecule has 0 aromatic heterocycles. The Morgan fingerprint density at radius 3 is 2.00 bits per heavy atom. The van der Waals surface area contributed by atoms with Crippen molar-refractivity contribution in [3.8, 4) is 0 Å². The van der Waals surface area contributed by atoms with Crippen molar-refractivity contribution < 1.29 is 5.11 Å². The first-order valence-corrected chi connectivity index (χ1v) is 3.57. The van der Waals surface area contributed by atoms with Crippen LogP contribution in [-0.2, 0) is 6.61 Å². The fourth-order valence-electron chi connectivity index (χ4n) is 0.693. The van der Waals surface area contributed by atoms with E-state index in [2.05, 4.69) is 5.73 Å². The summed E-state index contributed by atoms with van der Waals surface area (Å²) in [5.74, 6) is 0. The summed E-state index contributed by atoms with van der Waals surface area (Å²) in [4.78, 5) is 0. The molecule has 3 N–H and O–H groups in total. The normalized spacial score (nSPS) is 8.36. The van der Waals surface area contributed by atoms with E-state index in [1.807, 2.05) is 31.2 Å². The predicted molar refractivity (Wildman–Crippen MR) is 47.2 cm³/mol. The molecular weight excluding hydrogens is 138 g/mol. The Morgan fingerprint density at radius 2 is 1.64 bits per heavy atom. The monoisotopic (exact) mass is 153 g/mol. The van der Waals surface area contributed by atoms with Crippen molar-refractivity contribution in [2.75, 3.05) is 7.05 Å². The average molecular weight is 153 g/mol. The second-order valence-electron chi connectivity index (χ2n) is 2.14. The zero-order valence-electron chi connectivity index (χ0n) is 7.04. The minimum Gasteiger partial charge on any atom is -0.392 e. The van der Waals surface area contributed by atoms with Crippen LogP contribution in [0.1, 0.15) is 11.1 Å². The molecule has 0 heterocycles. The van der Waals surface area contributed by atoms with Gasteiger partial charge in [0.15, 0.2) is 0 Å². The van der Waals surface area contributed by atoms with Gasteiger partial charge in [-0.3, -0.25) is 0 Å². The molecule has 0 aliphatic heterocycles. The van der Waals surface area contributed by atoms with E-state index >= 15 is 0 Å². The van der Waals surface area contributed by atoms with E-state index in [9.17, 15) is 0 Å². The second kappa shape index (κ2) is 5.89. The van der Waals surface area contributed by atoms with Crippen molar-refractivity contribution in [1.29, 1.82) is 0 Å². The number of hydrogen-bond acceptors (Lipinski definition) is 2. The topological polar surface area (TPSA) is 46.2 Å². The third-order valence-electron chi connectivity index (χ3n) is 1.30. The zero-order chi connectivity index (χ0) is 8.69. The van der Waals surface area contributed by atoms with Crippen LogP contribution in [0.3, 0.4) is 0 Å². The summed E-state index contributed by atoms with van der Waals surface area (Å²) in [6, 6.07) is 7.84. The van der Waals surface area contributed by atoms with Crippen molar-refractivity contribution in [2.24, 2.45) is 5.73 Å². The van der Waals surface area contributed by atoms with E-state index in [0.717, 1.165) is 5.56 Å². The predicted octanol–water partition coefficient (Wildman–Crippen LogP) is 1.06. The van der Waals surface area contributed by atoms with Gasteiger partial charge < -0.3 is 10.8 Å². The van der Waals surface area contributed by atoms with Gasteiger partial charge >= 0.3 is 0 Å². The molecular formula is C9H15NO. The molecule has 0 aliphatic carbocycles. The molecule has 0 fully saturated rings. The van der Waals surface area contributed by atoms with Gasteiger partial charge in [0.25, 0.3) is 0 Å². The Hall–Kier alpha value is -0.860. The highest BCUT2D eigenvalue weighted by molar-refractivity contribution is 5.20. The average Bonchev–Trinajstić information content (AvgIpc) is 2.10. The van der Waals surface area contributed by atoms with Crippen LogP contribution in [0.4, 0.5) is 0 Å². The Balaban J connectivity index is 0.000000461. The molecule has 1 aromatic carbocycles. The summed E-state index contributed by atoms with van der Waals surface area (Å²) in [5, 5.41) is 8.63. The molecule has 0 bridgehead atoms. The van der Waals surface area contributed by atoms with E-state index in [4.69, 9.17) is 5.11 Å². The molecule has 0 saturated carbocycles. The second-order valence-corrected chi connectivity index (χ2v) is 2.14. The highest BCUT2D eigenvalue weighted by Gasteiger charge is 1.85. The van der Waals surface area contributed by atoms with Gasteiger partial charge in [0.1, 0.15) is 0 Å². The zero-order valence-corrected chi connectivity index (χ0v) is 7.04. The molecule has 0 radical (unpaired) electrons. The lowest BCUT2D eigenvalue weighted by Crippen LogP contribution is -1.80. The minimum absolute atomic E-state index is 0.139. The Kier molecular flexibility index (Phi) is 5.43. The molecule has 11 heavy (non-hydrogen) atoms. The van der Waals surface area contributed by atoms with Crippen molar-refractivity contribution in [3.05, 3.63) is 35.4 Å². The third kappa shape index (κ3) is 3.75. The van der Waals surface area contributed by atoms with Gasteiger partial charge in [-0.25, -0.2) is 0 Å². The standard InChI is InChI=1S/C8H10O.CH5N/c1-7-2-4-8(6-9)5-3-7;1-2/h2-5,9H,6H2,1H3;2H2,1H3. The maximum atomic E-state index is 8.63. The Labute approximate surface area is 67.7 Å². The van der Waals surface area contributed by atoms with E-state index in [1.54, 1.807) is 0 Å². The van der Waals surface area contributed by atoms with Crippen LogP contribution in [0.2, 0.25) is 0 Å². The fraction of sp³-hybridized carbons (Fsp3) is 0.333. The lowest BCUT2D eigenvalue weighted by Gasteiger charge is -1.93. The van der Waals surface area contributed by atoms with Crippen LogP contribution in [0.25, 0.3) is 0 Å². The molecule has 62 valence electrons. The van der Waals surface area contributed by atoms with Gasteiger partial charge in [0.2, 0.25) is 0 Å². The van der Waals surface area contributed by atoms with Crippen LogP contribution in [0, 0.1) is 6.92 Å².